The quantitative estimate of drug-likeness (QED) is 0.649. The van der Waals surface area contributed by atoms with E-state index in [9.17, 15) is 8.42 Å². The van der Waals surface area contributed by atoms with Gasteiger partial charge in [0.15, 0.2) is 0 Å². The van der Waals surface area contributed by atoms with E-state index >= 15 is 0 Å². The number of anilines is 2. The van der Waals surface area contributed by atoms with E-state index < -0.39 is 10.0 Å². The lowest BCUT2D eigenvalue weighted by atomic mass is 10.5. The molecule has 0 saturated heterocycles. The summed E-state index contributed by atoms with van der Waals surface area (Å²) in [6.07, 6.45) is 2.43. The Bertz CT molecular complexity index is 464. The molecule has 0 radical (unpaired) electrons. The summed E-state index contributed by atoms with van der Waals surface area (Å²) in [4.78, 5) is 7.72. The Morgan fingerprint density at radius 3 is 2.75 bits per heavy atom. The second kappa shape index (κ2) is 5.41. The second-order valence-corrected chi connectivity index (χ2v) is 5.64. The molecule has 0 fully saturated rings. The Morgan fingerprint density at radius 2 is 2.12 bits per heavy atom. The van der Waals surface area contributed by atoms with Gasteiger partial charge in [-0.25, -0.2) is 23.1 Å². The van der Waals surface area contributed by atoms with Gasteiger partial charge in [0.1, 0.15) is 22.4 Å². The van der Waals surface area contributed by atoms with Crippen LogP contribution in [-0.2, 0) is 10.0 Å². The zero-order chi connectivity index (χ0) is 12.2. The summed E-state index contributed by atoms with van der Waals surface area (Å²) in [6, 6.07) is 0. The topological polar surface area (TPSA) is 110 Å². The highest BCUT2D eigenvalue weighted by atomic mass is 79.9. The SMILES string of the molecule is CS(=O)(=O)NCCNc1ncnc(N)c1Br. The number of nitrogens with two attached hydrogens (primary N) is 1. The summed E-state index contributed by atoms with van der Waals surface area (Å²) in [7, 11) is -3.16. The normalized spacial score (nSPS) is 11.4. The van der Waals surface area contributed by atoms with Crippen molar-refractivity contribution in [2.45, 2.75) is 0 Å². The Labute approximate surface area is 102 Å². The number of hydrogen-bond acceptors (Lipinski definition) is 6. The van der Waals surface area contributed by atoms with Crippen LogP contribution < -0.4 is 15.8 Å². The number of nitrogen functional groups attached to an aromatic ring is 1. The number of hydrogen-bond donors (Lipinski definition) is 3. The van der Waals surface area contributed by atoms with Crippen molar-refractivity contribution < 1.29 is 8.42 Å². The van der Waals surface area contributed by atoms with Crippen molar-refractivity contribution in [3.05, 3.63) is 10.8 Å². The molecule has 0 aliphatic rings. The van der Waals surface area contributed by atoms with Crippen LogP contribution in [-0.4, -0.2) is 37.7 Å². The third-order valence-corrected chi connectivity index (χ3v) is 3.11. The average molecular weight is 310 g/mol. The first-order valence-electron chi connectivity index (χ1n) is 4.34. The van der Waals surface area contributed by atoms with Crippen LogP contribution in [0.5, 0.6) is 0 Å². The van der Waals surface area contributed by atoms with Crippen LogP contribution in [0.25, 0.3) is 0 Å². The highest BCUT2D eigenvalue weighted by molar-refractivity contribution is 9.10. The molecule has 0 spiro atoms. The van der Waals surface area contributed by atoms with E-state index in [4.69, 9.17) is 5.73 Å². The fourth-order valence-corrected chi connectivity index (χ4v) is 1.74. The summed E-state index contributed by atoms with van der Waals surface area (Å²) in [5, 5.41) is 2.92. The molecule has 90 valence electrons. The predicted molar refractivity (Wildman–Crippen MR) is 65.5 cm³/mol. The molecule has 0 aromatic carbocycles. The monoisotopic (exact) mass is 309 g/mol. The minimum atomic E-state index is -3.16. The largest absolute Gasteiger partial charge is 0.383 e. The number of rotatable bonds is 5. The Balaban J connectivity index is 2.47. The maximum absolute atomic E-state index is 10.8. The Hall–Kier alpha value is -0.930. The van der Waals surface area contributed by atoms with Crippen molar-refractivity contribution in [1.82, 2.24) is 14.7 Å². The lowest BCUT2D eigenvalue weighted by Crippen LogP contribution is -2.27. The first kappa shape index (κ1) is 13.1. The summed E-state index contributed by atoms with van der Waals surface area (Å²) < 4.78 is 24.4. The third kappa shape index (κ3) is 4.29. The second-order valence-electron chi connectivity index (χ2n) is 3.01. The van der Waals surface area contributed by atoms with Gasteiger partial charge in [-0.15, -0.1) is 0 Å². The van der Waals surface area contributed by atoms with Gasteiger partial charge in [0.05, 0.1) is 6.26 Å². The minimum absolute atomic E-state index is 0.273. The van der Waals surface area contributed by atoms with Crippen molar-refractivity contribution in [2.24, 2.45) is 0 Å². The van der Waals surface area contributed by atoms with Crippen LogP contribution in [0.15, 0.2) is 10.8 Å². The molecule has 1 aromatic heterocycles. The lowest BCUT2D eigenvalue weighted by molar-refractivity contribution is 0.589. The first-order valence-corrected chi connectivity index (χ1v) is 7.03. The van der Waals surface area contributed by atoms with Crippen molar-refractivity contribution >= 4 is 37.6 Å². The van der Waals surface area contributed by atoms with Crippen LogP contribution >= 0.6 is 15.9 Å². The molecule has 0 saturated carbocycles. The summed E-state index contributed by atoms with van der Waals surface area (Å²) in [5.41, 5.74) is 5.54. The van der Waals surface area contributed by atoms with E-state index in [1.165, 1.54) is 6.33 Å². The molecule has 7 nitrogen and oxygen atoms in total. The number of nitrogens with zero attached hydrogens (tertiary/aromatic N) is 2. The van der Waals surface area contributed by atoms with Gasteiger partial charge in [0, 0.05) is 13.1 Å². The lowest BCUT2D eigenvalue weighted by Gasteiger charge is -2.08. The van der Waals surface area contributed by atoms with Crippen LogP contribution in [0.1, 0.15) is 0 Å². The molecule has 0 bridgehead atoms. The molecule has 0 atom stereocenters. The van der Waals surface area contributed by atoms with Crippen molar-refractivity contribution in [2.75, 3.05) is 30.4 Å². The number of aromatic nitrogens is 2. The van der Waals surface area contributed by atoms with E-state index in [0.29, 0.717) is 22.7 Å². The number of nitrogens with one attached hydrogen (secondary N) is 2. The number of sulfonamides is 1. The van der Waals surface area contributed by atoms with Crippen molar-refractivity contribution in [1.29, 1.82) is 0 Å². The number of halogens is 1. The molecular formula is C7H12BrN5O2S. The molecule has 0 amide bonds. The molecule has 1 rings (SSSR count). The highest BCUT2D eigenvalue weighted by Crippen LogP contribution is 2.23. The van der Waals surface area contributed by atoms with Gasteiger partial charge in [0.25, 0.3) is 0 Å². The van der Waals surface area contributed by atoms with Gasteiger partial charge in [-0.2, -0.15) is 0 Å². The maximum atomic E-state index is 10.8. The van der Waals surface area contributed by atoms with Gasteiger partial charge in [-0.1, -0.05) is 0 Å². The fourth-order valence-electron chi connectivity index (χ4n) is 0.924. The van der Waals surface area contributed by atoms with Crippen LogP contribution in [0, 0.1) is 0 Å². The molecular weight excluding hydrogens is 298 g/mol. The molecule has 16 heavy (non-hydrogen) atoms. The van der Waals surface area contributed by atoms with Crippen LogP contribution in [0.4, 0.5) is 11.6 Å². The molecule has 0 aliphatic heterocycles. The van der Waals surface area contributed by atoms with Gasteiger partial charge >= 0.3 is 0 Å². The van der Waals surface area contributed by atoms with E-state index in [0.717, 1.165) is 6.26 Å². The van der Waals surface area contributed by atoms with E-state index in [-0.39, 0.29) is 6.54 Å². The molecule has 9 heteroatoms. The highest BCUT2D eigenvalue weighted by Gasteiger charge is 2.05. The predicted octanol–water partition coefficient (Wildman–Crippen LogP) is -0.218. The standard InChI is InChI=1S/C7H12BrN5O2S/c1-16(14,15)13-3-2-10-7-5(8)6(9)11-4-12-7/h4,13H,2-3H2,1H3,(H3,9,10,11,12). The zero-order valence-corrected chi connectivity index (χ0v) is 11.0. The molecule has 0 unspecified atom stereocenters. The Morgan fingerprint density at radius 1 is 1.44 bits per heavy atom. The van der Waals surface area contributed by atoms with Gasteiger partial charge in [0.2, 0.25) is 10.0 Å². The zero-order valence-electron chi connectivity index (χ0n) is 8.57. The molecule has 0 aliphatic carbocycles. The van der Waals surface area contributed by atoms with E-state index in [1.807, 2.05) is 0 Å². The summed E-state index contributed by atoms with van der Waals surface area (Å²) in [5.74, 6) is 0.858. The summed E-state index contributed by atoms with van der Waals surface area (Å²) >= 11 is 3.22. The third-order valence-electron chi connectivity index (χ3n) is 1.60. The molecule has 1 aromatic rings. The van der Waals surface area contributed by atoms with Crippen LogP contribution in [0.3, 0.4) is 0 Å². The molecule has 4 N–H and O–H groups in total. The van der Waals surface area contributed by atoms with Crippen molar-refractivity contribution in [3.63, 3.8) is 0 Å². The molecule has 1 heterocycles. The minimum Gasteiger partial charge on any atom is -0.383 e. The first-order chi connectivity index (χ1) is 7.40. The fraction of sp³-hybridized carbons (Fsp3) is 0.429. The maximum Gasteiger partial charge on any atom is 0.208 e. The van der Waals surface area contributed by atoms with Gasteiger partial charge in [-0.05, 0) is 15.9 Å². The van der Waals surface area contributed by atoms with Gasteiger partial charge in [-0.3, -0.25) is 0 Å². The van der Waals surface area contributed by atoms with Crippen LogP contribution in [0.2, 0.25) is 0 Å². The van der Waals surface area contributed by atoms with Gasteiger partial charge < -0.3 is 11.1 Å². The van der Waals surface area contributed by atoms with Crippen molar-refractivity contribution in [3.8, 4) is 0 Å². The van der Waals surface area contributed by atoms with E-state index in [1.54, 1.807) is 0 Å². The Kier molecular flexibility index (Phi) is 4.44. The van der Waals surface area contributed by atoms with E-state index in [2.05, 4.69) is 35.9 Å². The smallest absolute Gasteiger partial charge is 0.208 e. The summed E-state index contributed by atoms with van der Waals surface area (Å²) in [6.45, 7) is 0.678. The average Bonchev–Trinajstić information content (AvgIpc) is 2.17.